The summed E-state index contributed by atoms with van der Waals surface area (Å²) in [6.07, 6.45) is -32.5. The number of carboxylic acids is 3. The Bertz CT molecular complexity index is 2070. The Kier molecular flexibility index (Phi) is 11.6. The molecule has 0 amide bonds. The SMILES string of the molecule is O=C([O-])[C@H]1O[C@@H](Oc2ccc(-c3cc(=O)c4c(O)cc(O[C@@H]5O[C@H](C(=O)[O-])[C@@H](O)[C@H](O)[C@H]5O[C@@H]5O[C@H](C(=O)[O-])[C@@H](O)[C@H](O)[C@H]5O)cc4o3)cc2O)[C@H](O)[C@@H](O)[C@@H]1O. The fourth-order valence-corrected chi connectivity index (χ4v) is 6.20. The molecule has 3 aromatic rings. The summed E-state index contributed by atoms with van der Waals surface area (Å²) in [6, 6.07) is 5.89. The molecule has 310 valence electrons. The number of phenols is 2. The van der Waals surface area contributed by atoms with Crippen molar-refractivity contribution in [3.63, 3.8) is 0 Å². The predicted octanol–water partition coefficient (Wildman–Crippen LogP) is -8.67. The monoisotopic (exact) mass is 811 g/mol. The first-order valence-corrected chi connectivity index (χ1v) is 16.5. The molecule has 24 heteroatoms. The summed E-state index contributed by atoms with van der Waals surface area (Å²) in [5.41, 5.74) is -1.34. The van der Waals surface area contributed by atoms with E-state index < -0.39 is 149 Å². The van der Waals surface area contributed by atoms with Gasteiger partial charge in [0.25, 0.3) is 0 Å². The molecule has 0 spiro atoms. The molecule has 0 unspecified atom stereocenters. The predicted molar refractivity (Wildman–Crippen MR) is 166 cm³/mol. The zero-order valence-electron chi connectivity index (χ0n) is 28.3. The largest absolute Gasteiger partial charge is 0.547 e. The summed E-state index contributed by atoms with van der Waals surface area (Å²) in [5.74, 6) is -8.79. The van der Waals surface area contributed by atoms with Gasteiger partial charge in [0.15, 0.2) is 29.3 Å². The fraction of sp³-hybridized carbons (Fsp3) is 0.455. The second-order valence-electron chi connectivity index (χ2n) is 13.0. The number of fused-ring (bicyclic) bond motifs is 1. The third-order valence-corrected chi connectivity index (χ3v) is 9.20. The van der Waals surface area contributed by atoms with E-state index in [1.807, 2.05) is 0 Å². The van der Waals surface area contributed by atoms with Crippen LogP contribution in [0.4, 0.5) is 0 Å². The third-order valence-electron chi connectivity index (χ3n) is 9.20. The molecule has 57 heavy (non-hydrogen) atoms. The number of carbonyl (C=O) groups is 3. The lowest BCUT2D eigenvalue weighted by atomic mass is 9.97. The minimum Gasteiger partial charge on any atom is -0.547 e. The van der Waals surface area contributed by atoms with Crippen molar-refractivity contribution < 1.29 is 114 Å². The van der Waals surface area contributed by atoms with Crippen LogP contribution in [0.5, 0.6) is 23.0 Å². The van der Waals surface area contributed by atoms with Crippen molar-refractivity contribution in [3.05, 3.63) is 46.6 Å². The number of aromatic hydroxyl groups is 2. The Morgan fingerprint density at radius 1 is 0.579 bits per heavy atom. The van der Waals surface area contributed by atoms with Crippen molar-refractivity contribution in [2.75, 3.05) is 0 Å². The molecule has 0 saturated carbocycles. The molecule has 2 aromatic carbocycles. The van der Waals surface area contributed by atoms with Crippen LogP contribution >= 0.6 is 0 Å². The molecule has 0 radical (unpaired) electrons. The Morgan fingerprint density at radius 3 is 1.67 bits per heavy atom. The van der Waals surface area contributed by atoms with Crippen LogP contribution in [0.25, 0.3) is 22.3 Å². The molecule has 3 aliphatic heterocycles. The van der Waals surface area contributed by atoms with Gasteiger partial charge in [-0.3, -0.25) is 4.79 Å². The number of rotatable bonds is 10. The maximum Gasteiger partial charge on any atom is 0.229 e. The van der Waals surface area contributed by atoms with Crippen molar-refractivity contribution in [1.29, 1.82) is 0 Å². The van der Waals surface area contributed by atoms with Crippen LogP contribution in [0.3, 0.4) is 0 Å². The van der Waals surface area contributed by atoms with Crippen LogP contribution in [0.1, 0.15) is 0 Å². The van der Waals surface area contributed by atoms with Gasteiger partial charge in [-0.25, -0.2) is 0 Å². The first-order valence-electron chi connectivity index (χ1n) is 16.5. The molecular formula is C33H31O24-3. The number of benzene rings is 2. The van der Waals surface area contributed by atoms with E-state index in [2.05, 4.69) is 0 Å². The second-order valence-corrected chi connectivity index (χ2v) is 13.0. The highest BCUT2D eigenvalue weighted by molar-refractivity contribution is 5.86. The van der Waals surface area contributed by atoms with E-state index in [1.54, 1.807) is 0 Å². The lowest BCUT2D eigenvalue weighted by Crippen LogP contribution is -2.67. The Morgan fingerprint density at radius 2 is 1.11 bits per heavy atom. The summed E-state index contributed by atoms with van der Waals surface area (Å²) >= 11 is 0. The Hall–Kier alpha value is -5.22. The van der Waals surface area contributed by atoms with E-state index in [1.165, 1.54) is 6.07 Å². The van der Waals surface area contributed by atoms with Gasteiger partial charge in [0.2, 0.25) is 12.6 Å². The van der Waals surface area contributed by atoms with Crippen LogP contribution in [-0.2, 0) is 33.3 Å². The van der Waals surface area contributed by atoms with Gasteiger partial charge in [-0.15, -0.1) is 0 Å². The minimum absolute atomic E-state index is 0.0379. The number of phenolic OH excluding ortho intramolecular Hbond substituents is 2. The van der Waals surface area contributed by atoms with Crippen molar-refractivity contribution >= 4 is 28.9 Å². The normalized spacial score (nSPS) is 35.7. The number of hydrogen-bond acceptors (Lipinski definition) is 24. The number of ether oxygens (including phenoxy) is 6. The molecule has 1 aromatic heterocycles. The molecule has 24 nitrogen and oxygen atoms in total. The van der Waals surface area contributed by atoms with Crippen molar-refractivity contribution in [3.8, 4) is 34.3 Å². The van der Waals surface area contributed by atoms with Gasteiger partial charge in [-0.1, -0.05) is 0 Å². The molecular weight excluding hydrogens is 780 g/mol. The van der Waals surface area contributed by atoms with Gasteiger partial charge in [-0.2, -0.15) is 0 Å². The van der Waals surface area contributed by atoms with Crippen LogP contribution in [0.2, 0.25) is 0 Å². The highest BCUT2D eigenvalue weighted by Crippen LogP contribution is 2.38. The van der Waals surface area contributed by atoms with Crippen LogP contribution in [0, 0.1) is 0 Å². The number of carboxylic acid groups (broad SMARTS) is 3. The standard InChI is InChI=1S/C33H34O24/c34-9-3-7(1-2-12(9)53-31-22(43)16(37)18(39)24(54-31)28(45)46)13-6-11(36)15-10(35)4-8(5-14(15)52-13)51-33-27(21(42)20(41)26(56-33)30(49)50)57-32-23(44)17(38)19(40)25(55-32)29(47)48/h1-6,16-27,31-35,37-44H,(H,45,46)(H,47,48)(H,49,50)/p-3/t16-,17-,18-,19-,20-,21-,22+,23+,24-,25-,26-,27+,31+,32-,33+/m0/s1. The molecule has 3 saturated heterocycles. The van der Waals surface area contributed by atoms with Gasteiger partial charge in [0.05, 0.1) is 17.9 Å². The van der Waals surface area contributed by atoms with Crippen molar-refractivity contribution in [1.82, 2.24) is 0 Å². The summed E-state index contributed by atoms with van der Waals surface area (Å²) in [4.78, 5) is 47.6. The Balaban J connectivity index is 1.28. The zero-order chi connectivity index (χ0) is 41.8. The van der Waals surface area contributed by atoms with Crippen molar-refractivity contribution in [2.24, 2.45) is 0 Å². The van der Waals surface area contributed by atoms with Gasteiger partial charge >= 0.3 is 0 Å². The van der Waals surface area contributed by atoms with E-state index in [0.717, 1.165) is 30.3 Å². The fourth-order valence-electron chi connectivity index (χ4n) is 6.20. The third kappa shape index (κ3) is 7.89. The Labute approximate surface area is 315 Å². The first kappa shape index (κ1) is 41.4. The maximum atomic E-state index is 13.1. The lowest BCUT2D eigenvalue weighted by molar-refractivity contribution is -0.378. The summed E-state index contributed by atoms with van der Waals surface area (Å²) in [7, 11) is 0. The summed E-state index contributed by atoms with van der Waals surface area (Å²) in [5, 5.41) is 137. The van der Waals surface area contributed by atoms with Crippen LogP contribution < -0.4 is 30.2 Å². The number of aliphatic hydroxyl groups is 8. The van der Waals surface area contributed by atoms with Gasteiger partial charge < -0.3 is 114 Å². The van der Waals surface area contributed by atoms with Gasteiger partial charge in [0, 0.05) is 23.8 Å². The average molecular weight is 812 g/mol. The molecule has 3 fully saturated rings. The van der Waals surface area contributed by atoms with E-state index in [-0.39, 0.29) is 11.3 Å². The average Bonchev–Trinajstić information content (AvgIpc) is 3.14. The van der Waals surface area contributed by atoms with E-state index in [9.17, 15) is 85.6 Å². The summed E-state index contributed by atoms with van der Waals surface area (Å²) in [6.45, 7) is 0. The smallest absolute Gasteiger partial charge is 0.229 e. The van der Waals surface area contributed by atoms with E-state index in [4.69, 9.17) is 32.8 Å². The maximum absolute atomic E-state index is 13.1. The van der Waals surface area contributed by atoms with Crippen molar-refractivity contribution in [2.45, 2.75) is 92.1 Å². The molecule has 3 aliphatic rings. The molecule has 0 bridgehead atoms. The number of aliphatic carboxylic acids is 3. The second kappa shape index (κ2) is 16.0. The van der Waals surface area contributed by atoms with Crippen LogP contribution in [0.15, 0.2) is 45.6 Å². The van der Waals surface area contributed by atoms with E-state index >= 15 is 0 Å². The molecule has 0 aliphatic carbocycles. The topological polar surface area (TPSA) is 408 Å². The molecule has 6 rings (SSSR count). The number of aliphatic hydroxyl groups excluding tert-OH is 8. The lowest BCUT2D eigenvalue weighted by Gasteiger charge is -2.46. The van der Waals surface area contributed by atoms with Gasteiger partial charge in [-0.05, 0) is 18.2 Å². The van der Waals surface area contributed by atoms with Gasteiger partial charge in [0.1, 0.15) is 95.4 Å². The zero-order valence-corrected chi connectivity index (χ0v) is 28.3. The molecule has 10 N–H and O–H groups in total. The summed E-state index contributed by atoms with van der Waals surface area (Å²) < 4.78 is 37.3. The first-order chi connectivity index (χ1) is 26.8. The molecule has 4 heterocycles. The van der Waals surface area contributed by atoms with E-state index in [0.29, 0.717) is 0 Å². The molecule has 15 atom stereocenters. The number of carbonyl (C=O) groups excluding carboxylic acids is 3. The number of hydrogen-bond donors (Lipinski definition) is 10. The van der Waals surface area contributed by atoms with Crippen LogP contribution in [-0.4, -0.2) is 161 Å². The quantitative estimate of drug-likeness (QED) is 0.0908. The highest BCUT2D eigenvalue weighted by atomic mass is 16.8. The minimum atomic E-state index is -2.32. The highest BCUT2D eigenvalue weighted by Gasteiger charge is 2.52.